The summed E-state index contributed by atoms with van der Waals surface area (Å²) in [7, 11) is 0. The Kier molecular flexibility index (Phi) is 5.94. The van der Waals surface area contributed by atoms with E-state index < -0.39 is 11.4 Å². The van der Waals surface area contributed by atoms with Gasteiger partial charge < -0.3 is 9.15 Å². The molecular weight excluding hydrogens is 435 g/mol. The Balaban J connectivity index is 1.79. The third-order valence-corrected chi connectivity index (χ3v) is 5.19. The summed E-state index contributed by atoms with van der Waals surface area (Å²) < 4.78 is 11.4. The molecule has 4 rings (SSSR count). The maximum Gasteiger partial charge on any atom is 0.336 e. The number of hydrogen-bond donors (Lipinski definition) is 0. The van der Waals surface area contributed by atoms with Crippen molar-refractivity contribution in [1.29, 1.82) is 0 Å². The molecule has 0 N–H and O–H groups in total. The number of halogens is 2. The van der Waals surface area contributed by atoms with Gasteiger partial charge in [0.2, 0.25) is 11.2 Å². The highest BCUT2D eigenvalue weighted by atomic mass is 35.5. The molecule has 3 aromatic carbocycles. The summed E-state index contributed by atoms with van der Waals surface area (Å²) in [5.41, 5.74) is 2.02. The molecule has 0 saturated heterocycles. The molecule has 0 unspecified atom stereocenters. The molecule has 1 aromatic heterocycles. The molecule has 6 heteroatoms. The zero-order valence-corrected chi connectivity index (χ0v) is 17.9. The second-order valence-corrected chi connectivity index (χ2v) is 7.72. The average Bonchev–Trinajstić information content (AvgIpc) is 2.76. The smallest absolute Gasteiger partial charge is 0.336 e. The lowest BCUT2D eigenvalue weighted by Crippen LogP contribution is -2.14. The number of fused-ring (bicyclic) bond motifs is 1. The lowest BCUT2D eigenvalue weighted by molar-refractivity contribution is -0.129. The monoisotopic (exact) mass is 450 g/mol. The summed E-state index contributed by atoms with van der Waals surface area (Å²) in [4.78, 5) is 25.7. The molecule has 0 bridgehead atoms. The number of ether oxygens (including phenoxy) is 1. The van der Waals surface area contributed by atoms with Crippen LogP contribution in [-0.2, 0) is 4.79 Å². The van der Waals surface area contributed by atoms with Gasteiger partial charge in [-0.1, -0.05) is 59.1 Å². The van der Waals surface area contributed by atoms with Gasteiger partial charge in [-0.05, 0) is 55.0 Å². The molecule has 0 spiro atoms. The Morgan fingerprint density at radius 1 is 1.00 bits per heavy atom. The molecule has 4 nitrogen and oxygen atoms in total. The van der Waals surface area contributed by atoms with Crippen molar-refractivity contribution in [3.05, 3.63) is 104 Å². The van der Waals surface area contributed by atoms with E-state index >= 15 is 0 Å². The largest absolute Gasteiger partial charge is 0.452 e. The second kappa shape index (κ2) is 8.80. The molecule has 154 valence electrons. The van der Waals surface area contributed by atoms with Crippen molar-refractivity contribution < 1.29 is 13.9 Å². The van der Waals surface area contributed by atoms with Crippen molar-refractivity contribution >= 4 is 46.2 Å². The van der Waals surface area contributed by atoms with Crippen LogP contribution in [0.1, 0.15) is 11.1 Å². The van der Waals surface area contributed by atoms with Gasteiger partial charge in [-0.15, -0.1) is 0 Å². The average molecular weight is 451 g/mol. The highest BCUT2D eigenvalue weighted by Gasteiger charge is 2.21. The zero-order valence-electron chi connectivity index (χ0n) is 16.4. The van der Waals surface area contributed by atoms with Crippen LogP contribution in [0.25, 0.3) is 28.4 Å². The number of benzene rings is 3. The van der Waals surface area contributed by atoms with Gasteiger partial charge in [-0.2, -0.15) is 0 Å². The van der Waals surface area contributed by atoms with Crippen molar-refractivity contribution in [3.8, 4) is 17.1 Å². The fraction of sp³-hybridized carbons (Fsp3) is 0.0400. The predicted octanol–water partition coefficient (Wildman–Crippen LogP) is 6.69. The molecule has 0 aliphatic rings. The van der Waals surface area contributed by atoms with Gasteiger partial charge in [0.15, 0.2) is 5.76 Å². The van der Waals surface area contributed by atoms with E-state index in [1.165, 1.54) is 6.08 Å². The van der Waals surface area contributed by atoms with Crippen molar-refractivity contribution in [1.82, 2.24) is 0 Å². The minimum Gasteiger partial charge on any atom is -0.452 e. The Labute approximate surface area is 188 Å². The van der Waals surface area contributed by atoms with E-state index in [2.05, 4.69) is 0 Å². The van der Waals surface area contributed by atoms with Crippen LogP contribution in [0.4, 0.5) is 0 Å². The van der Waals surface area contributed by atoms with E-state index in [0.29, 0.717) is 26.6 Å². The first-order valence-corrected chi connectivity index (χ1v) is 10.2. The lowest BCUT2D eigenvalue weighted by atomic mass is 10.1. The first-order chi connectivity index (χ1) is 14.9. The molecule has 0 fully saturated rings. The highest BCUT2D eigenvalue weighted by molar-refractivity contribution is 6.33. The minimum atomic E-state index is -0.720. The lowest BCUT2D eigenvalue weighted by Gasteiger charge is -2.11. The molecular formula is C25H16Cl2O4. The number of carbonyl (C=O) groups is 1. The van der Waals surface area contributed by atoms with Crippen LogP contribution in [0.2, 0.25) is 10.0 Å². The van der Waals surface area contributed by atoms with E-state index in [9.17, 15) is 9.59 Å². The van der Waals surface area contributed by atoms with E-state index in [4.69, 9.17) is 32.4 Å². The number of carbonyl (C=O) groups excluding carboxylic acids is 1. The Morgan fingerprint density at radius 3 is 2.48 bits per heavy atom. The number of aryl methyl sites for hydroxylation is 1. The fourth-order valence-corrected chi connectivity index (χ4v) is 3.43. The molecule has 1 heterocycles. The van der Waals surface area contributed by atoms with Crippen LogP contribution >= 0.6 is 23.2 Å². The predicted molar refractivity (Wildman–Crippen MR) is 124 cm³/mol. The van der Waals surface area contributed by atoms with Crippen LogP contribution in [0.3, 0.4) is 0 Å². The van der Waals surface area contributed by atoms with E-state index in [1.807, 2.05) is 13.0 Å². The molecule has 0 aliphatic heterocycles. The molecule has 0 radical (unpaired) electrons. The Bertz CT molecular complexity index is 1370. The second-order valence-electron chi connectivity index (χ2n) is 6.87. The van der Waals surface area contributed by atoms with Crippen molar-refractivity contribution in [2.45, 2.75) is 6.92 Å². The normalized spacial score (nSPS) is 11.2. The molecule has 0 aliphatic carbocycles. The first kappa shape index (κ1) is 20.9. The summed E-state index contributed by atoms with van der Waals surface area (Å²) in [6.07, 6.45) is 2.81. The summed E-state index contributed by atoms with van der Waals surface area (Å²) in [6, 6.07) is 19.1. The summed E-state index contributed by atoms with van der Waals surface area (Å²) >= 11 is 12.2. The maximum atomic E-state index is 13.2. The van der Waals surface area contributed by atoms with E-state index in [-0.39, 0.29) is 11.5 Å². The Hall–Kier alpha value is -3.34. The van der Waals surface area contributed by atoms with Crippen LogP contribution < -0.4 is 10.2 Å². The number of esters is 1. The van der Waals surface area contributed by atoms with Gasteiger partial charge in [0, 0.05) is 16.7 Å². The van der Waals surface area contributed by atoms with Crippen molar-refractivity contribution in [2.75, 3.05) is 0 Å². The van der Waals surface area contributed by atoms with Gasteiger partial charge in [0.25, 0.3) is 0 Å². The SMILES string of the molecule is Cc1ccc2oc(-c3ccccc3Cl)c(OC(=O)/C=C/c3ccc(Cl)cc3)c(=O)c2c1. The summed E-state index contributed by atoms with van der Waals surface area (Å²) in [5.74, 6) is -0.834. The van der Waals surface area contributed by atoms with Crippen LogP contribution in [0.15, 0.2) is 82.0 Å². The van der Waals surface area contributed by atoms with Crippen LogP contribution in [0.5, 0.6) is 5.75 Å². The number of hydrogen-bond acceptors (Lipinski definition) is 4. The summed E-state index contributed by atoms with van der Waals surface area (Å²) in [5, 5.41) is 1.28. The highest BCUT2D eigenvalue weighted by Crippen LogP contribution is 2.35. The molecule has 4 aromatic rings. The van der Waals surface area contributed by atoms with Gasteiger partial charge in [0.1, 0.15) is 5.58 Å². The fourth-order valence-electron chi connectivity index (χ4n) is 3.08. The molecule has 0 saturated carbocycles. The van der Waals surface area contributed by atoms with Gasteiger partial charge >= 0.3 is 5.97 Å². The standard InChI is InChI=1S/C25H16Cl2O4/c1-15-6-12-21-19(14-15)23(29)25(24(30-21)18-4-2-3-5-20(18)27)31-22(28)13-9-16-7-10-17(26)11-8-16/h2-14H,1H3/b13-9+. The Morgan fingerprint density at radius 2 is 1.74 bits per heavy atom. The van der Waals surface area contributed by atoms with E-state index in [1.54, 1.807) is 66.7 Å². The van der Waals surface area contributed by atoms with Gasteiger partial charge in [-0.3, -0.25) is 4.79 Å². The minimum absolute atomic E-state index is 0.0974. The summed E-state index contributed by atoms with van der Waals surface area (Å²) in [6.45, 7) is 1.86. The maximum absolute atomic E-state index is 13.2. The van der Waals surface area contributed by atoms with Crippen LogP contribution in [0, 0.1) is 6.92 Å². The molecule has 0 amide bonds. The van der Waals surface area contributed by atoms with Crippen molar-refractivity contribution in [2.24, 2.45) is 0 Å². The zero-order chi connectivity index (χ0) is 22.0. The van der Waals surface area contributed by atoms with Gasteiger partial charge in [-0.25, -0.2) is 4.79 Å². The van der Waals surface area contributed by atoms with E-state index in [0.717, 1.165) is 11.1 Å². The number of rotatable bonds is 4. The molecule has 0 atom stereocenters. The van der Waals surface area contributed by atoms with Crippen molar-refractivity contribution in [3.63, 3.8) is 0 Å². The topological polar surface area (TPSA) is 56.5 Å². The van der Waals surface area contributed by atoms with Gasteiger partial charge in [0.05, 0.1) is 10.4 Å². The van der Waals surface area contributed by atoms with Crippen LogP contribution in [-0.4, -0.2) is 5.97 Å². The third kappa shape index (κ3) is 4.55. The first-order valence-electron chi connectivity index (χ1n) is 9.40. The molecule has 31 heavy (non-hydrogen) atoms. The third-order valence-electron chi connectivity index (χ3n) is 4.61. The quantitative estimate of drug-likeness (QED) is 0.256.